The Hall–Kier alpha value is -0.490. The molecule has 0 atom stereocenters. The van der Waals surface area contributed by atoms with Crippen molar-refractivity contribution in [1.82, 2.24) is 0 Å². The van der Waals surface area contributed by atoms with E-state index in [4.69, 9.17) is 16.3 Å². The van der Waals surface area contributed by atoms with Gasteiger partial charge in [-0.3, -0.25) is 0 Å². The summed E-state index contributed by atoms with van der Waals surface area (Å²) in [6.45, 7) is 3.78. The highest BCUT2D eigenvalue weighted by Gasteiger charge is 1.91. The first-order chi connectivity index (χ1) is 11.4. The van der Waals surface area contributed by atoms with Crippen LogP contribution in [0, 0.1) is 0 Å². The summed E-state index contributed by atoms with van der Waals surface area (Å²) >= 11 is 5.57. The van der Waals surface area contributed by atoms with Crippen molar-refractivity contribution in [3.8, 4) is 0 Å². The molecule has 1 nitrogen and oxygen atoms in total. The van der Waals surface area contributed by atoms with Gasteiger partial charge in [0.2, 0.25) is 0 Å². The van der Waals surface area contributed by atoms with Crippen LogP contribution in [-0.2, 0) is 4.74 Å². The molecule has 23 heavy (non-hydrogen) atoms. The highest BCUT2D eigenvalue weighted by molar-refractivity contribution is 6.17. The number of unbranched alkanes of at least 4 members (excludes halogenated alkanes) is 9. The van der Waals surface area contributed by atoms with E-state index >= 15 is 0 Å². The van der Waals surface area contributed by atoms with Gasteiger partial charge in [0, 0.05) is 5.88 Å². The molecule has 0 fully saturated rings. The molecular weight excluding hydrogens is 304 g/mol. The van der Waals surface area contributed by atoms with Gasteiger partial charge in [-0.25, -0.2) is 0 Å². The van der Waals surface area contributed by atoms with Gasteiger partial charge in [0.05, 0.1) is 13.2 Å². The first-order valence-corrected chi connectivity index (χ1v) is 10.1. The fourth-order valence-corrected chi connectivity index (χ4v) is 2.47. The van der Waals surface area contributed by atoms with E-state index in [-0.39, 0.29) is 0 Å². The molecule has 0 saturated carbocycles. The summed E-state index contributed by atoms with van der Waals surface area (Å²) in [6, 6.07) is 0. The standard InChI is InChI=1S/C21H37ClO/c1-2-3-4-5-6-7-8-9-10-11-14-17-20-23-21-18-15-12-13-16-19-22/h13-15,17H,2-11,16,18-21H2,1H3. The molecule has 0 spiro atoms. The predicted octanol–water partition coefficient (Wildman–Crippen LogP) is 7.21. The van der Waals surface area contributed by atoms with Crippen LogP contribution in [0.1, 0.15) is 84.0 Å². The van der Waals surface area contributed by atoms with Crippen molar-refractivity contribution in [2.45, 2.75) is 84.0 Å². The van der Waals surface area contributed by atoms with Crippen LogP contribution in [0.5, 0.6) is 0 Å². The lowest BCUT2D eigenvalue weighted by Gasteiger charge is -2.00. The summed E-state index contributed by atoms with van der Waals surface area (Å²) in [5, 5.41) is 0. The van der Waals surface area contributed by atoms with Gasteiger partial charge in [0.15, 0.2) is 0 Å². The lowest BCUT2D eigenvalue weighted by atomic mass is 10.1. The van der Waals surface area contributed by atoms with Crippen LogP contribution in [0.3, 0.4) is 0 Å². The van der Waals surface area contributed by atoms with E-state index in [1.807, 2.05) is 12.2 Å². The van der Waals surface area contributed by atoms with Gasteiger partial charge >= 0.3 is 0 Å². The van der Waals surface area contributed by atoms with Crippen LogP contribution >= 0.6 is 11.6 Å². The zero-order valence-electron chi connectivity index (χ0n) is 15.2. The van der Waals surface area contributed by atoms with Gasteiger partial charge in [0.25, 0.3) is 0 Å². The topological polar surface area (TPSA) is 9.23 Å². The van der Waals surface area contributed by atoms with Crippen LogP contribution in [0.25, 0.3) is 0 Å². The number of rotatable bonds is 17. The second kappa shape index (κ2) is 21.5. The maximum Gasteiger partial charge on any atom is 0.0647 e. The van der Waals surface area contributed by atoms with Crippen molar-refractivity contribution in [1.29, 1.82) is 0 Å². The Morgan fingerprint density at radius 2 is 1.43 bits per heavy atom. The minimum atomic E-state index is 0.668. The van der Waals surface area contributed by atoms with E-state index in [2.05, 4.69) is 24.8 Å². The quantitative estimate of drug-likeness (QED) is 0.118. The molecule has 0 aromatic carbocycles. The second-order valence-corrected chi connectivity index (χ2v) is 6.38. The molecule has 0 aliphatic rings. The largest absolute Gasteiger partial charge is 0.377 e. The predicted molar refractivity (Wildman–Crippen MR) is 104 cm³/mol. The Kier molecular flexibility index (Phi) is 21.1. The molecule has 0 rings (SSSR count). The molecule has 2 heteroatoms. The third-order valence-corrected chi connectivity index (χ3v) is 3.97. The molecule has 134 valence electrons. The van der Waals surface area contributed by atoms with E-state index < -0.39 is 0 Å². The van der Waals surface area contributed by atoms with Crippen LogP contribution in [-0.4, -0.2) is 19.1 Å². The number of hydrogen-bond acceptors (Lipinski definition) is 1. The van der Waals surface area contributed by atoms with Crippen molar-refractivity contribution >= 4 is 11.6 Å². The zero-order valence-corrected chi connectivity index (χ0v) is 16.0. The average molecular weight is 341 g/mol. The number of halogens is 1. The second-order valence-electron chi connectivity index (χ2n) is 6.00. The molecule has 0 unspecified atom stereocenters. The smallest absolute Gasteiger partial charge is 0.0647 e. The Labute approximate surface area is 149 Å². The molecule has 0 saturated heterocycles. The maximum atomic E-state index is 5.57. The van der Waals surface area contributed by atoms with Crippen LogP contribution in [0.15, 0.2) is 30.0 Å². The van der Waals surface area contributed by atoms with Gasteiger partial charge in [-0.15, -0.1) is 17.3 Å². The zero-order chi connectivity index (χ0) is 16.8. The summed E-state index contributed by atoms with van der Waals surface area (Å²) in [4.78, 5) is 0. The number of allylic oxidation sites excluding steroid dienone is 1. The highest BCUT2D eigenvalue weighted by Crippen LogP contribution is 2.10. The van der Waals surface area contributed by atoms with E-state index in [1.165, 1.54) is 64.2 Å². The van der Waals surface area contributed by atoms with Crippen molar-refractivity contribution in [2.24, 2.45) is 0 Å². The maximum absolute atomic E-state index is 5.57. The molecule has 0 bridgehead atoms. The van der Waals surface area contributed by atoms with Crippen LogP contribution in [0.2, 0.25) is 0 Å². The first-order valence-electron chi connectivity index (χ1n) is 9.60. The Balaban J connectivity index is 3.15. The number of ether oxygens (including phenoxy) is 1. The van der Waals surface area contributed by atoms with Crippen molar-refractivity contribution in [3.05, 3.63) is 30.0 Å². The van der Waals surface area contributed by atoms with Crippen LogP contribution < -0.4 is 0 Å². The van der Waals surface area contributed by atoms with E-state index in [9.17, 15) is 0 Å². The number of alkyl halides is 1. The molecule has 0 N–H and O–H groups in total. The lowest BCUT2D eigenvalue weighted by molar-refractivity contribution is 0.167. The third kappa shape index (κ3) is 21.5. The highest BCUT2D eigenvalue weighted by atomic mass is 35.5. The molecule has 0 heterocycles. The summed E-state index contributed by atoms with van der Waals surface area (Å²) in [5.74, 6) is 0.668. The summed E-state index contributed by atoms with van der Waals surface area (Å²) < 4.78 is 5.53. The van der Waals surface area contributed by atoms with E-state index in [0.717, 1.165) is 26.1 Å². The molecular formula is C21H37ClO. The van der Waals surface area contributed by atoms with Gasteiger partial charge < -0.3 is 4.74 Å². The van der Waals surface area contributed by atoms with Gasteiger partial charge in [0.1, 0.15) is 0 Å². The summed E-state index contributed by atoms with van der Waals surface area (Å²) in [7, 11) is 0. The molecule has 0 amide bonds. The molecule has 0 aliphatic carbocycles. The Morgan fingerprint density at radius 1 is 0.783 bits per heavy atom. The van der Waals surface area contributed by atoms with E-state index in [0.29, 0.717) is 5.88 Å². The minimum absolute atomic E-state index is 0.668. The van der Waals surface area contributed by atoms with Crippen LogP contribution in [0.4, 0.5) is 0 Å². The van der Waals surface area contributed by atoms with Gasteiger partial charge in [-0.05, 0) is 37.8 Å². The number of hydrogen-bond donors (Lipinski definition) is 0. The Bertz CT molecular complexity index is 303. The summed E-state index contributed by atoms with van der Waals surface area (Å²) in [5.41, 5.74) is 3.10. The lowest BCUT2D eigenvalue weighted by Crippen LogP contribution is -1.92. The normalized spacial score (nSPS) is 10.9. The average Bonchev–Trinajstić information content (AvgIpc) is 2.57. The fourth-order valence-electron chi connectivity index (χ4n) is 2.36. The van der Waals surface area contributed by atoms with Crippen molar-refractivity contribution in [3.63, 3.8) is 0 Å². The first kappa shape index (κ1) is 22.5. The Morgan fingerprint density at radius 3 is 2.13 bits per heavy atom. The van der Waals surface area contributed by atoms with Gasteiger partial charge in [-0.2, -0.15) is 0 Å². The minimum Gasteiger partial charge on any atom is -0.377 e. The molecule has 0 aliphatic heterocycles. The SMILES string of the molecule is CCCCCCCCCCCC=CCOCCC=C=CCCCl. The summed E-state index contributed by atoms with van der Waals surface area (Å²) in [6.07, 6.45) is 24.0. The van der Waals surface area contributed by atoms with Gasteiger partial charge in [-0.1, -0.05) is 70.4 Å². The van der Waals surface area contributed by atoms with E-state index in [1.54, 1.807) is 0 Å². The molecule has 0 aromatic rings. The monoisotopic (exact) mass is 340 g/mol. The van der Waals surface area contributed by atoms with Crippen molar-refractivity contribution < 1.29 is 4.74 Å². The van der Waals surface area contributed by atoms with Crippen molar-refractivity contribution in [2.75, 3.05) is 19.1 Å². The third-order valence-electron chi connectivity index (χ3n) is 3.75. The molecule has 0 aromatic heterocycles. The fraction of sp³-hybridized carbons (Fsp3) is 0.762. The molecule has 0 radical (unpaired) electrons.